The molecule has 0 unspecified atom stereocenters. The minimum atomic E-state index is 0.875. The van der Waals surface area contributed by atoms with Gasteiger partial charge in [0.1, 0.15) is 0 Å². The second-order valence-electron chi connectivity index (χ2n) is 1.74. The quantitative estimate of drug-likeness (QED) is 0.460. The van der Waals surface area contributed by atoms with Crippen LogP contribution in [0.3, 0.4) is 0 Å². The summed E-state index contributed by atoms with van der Waals surface area (Å²) >= 11 is 0. The van der Waals surface area contributed by atoms with Gasteiger partial charge in [0.05, 0.1) is 0 Å². The van der Waals surface area contributed by atoms with E-state index >= 15 is 0 Å². The van der Waals surface area contributed by atoms with Gasteiger partial charge in [0, 0.05) is 13.1 Å². The van der Waals surface area contributed by atoms with Gasteiger partial charge in [-0.05, 0) is 13.1 Å². The molecule has 0 aromatic carbocycles. The smallest absolute Gasteiger partial charge is 0.00654 e. The first-order valence-electron chi connectivity index (χ1n) is 2.56. The van der Waals surface area contributed by atoms with Gasteiger partial charge in [-0.25, -0.2) is 0 Å². The predicted octanol–water partition coefficient (Wildman–Crippen LogP) is -0.141. The van der Waals surface area contributed by atoms with Crippen LogP contribution in [0.25, 0.3) is 5.84 Å². The molecule has 2 N–H and O–H groups in total. The van der Waals surface area contributed by atoms with Crippen LogP contribution in [-0.4, -0.2) is 31.2 Å². The van der Waals surface area contributed by atoms with E-state index in [0.29, 0.717) is 0 Å². The normalized spacial score (nSPS) is 25.3. The van der Waals surface area contributed by atoms with Crippen LogP contribution in [0, 0.1) is 0 Å². The first-order chi connectivity index (χ1) is 3.39. The Balaban J connectivity index is 2.12. The van der Waals surface area contributed by atoms with Gasteiger partial charge < -0.3 is 16.2 Å². The standard InChI is InChI=1S/C4H10N3/c5-7-3-1-6-2-4-7/h5-6H,1-4H2/q-1. The Labute approximate surface area is 43.4 Å². The van der Waals surface area contributed by atoms with Crippen LogP contribution in [0.1, 0.15) is 0 Å². The van der Waals surface area contributed by atoms with Crippen molar-refractivity contribution >= 4 is 0 Å². The van der Waals surface area contributed by atoms with Gasteiger partial charge >= 0.3 is 0 Å². The minimum Gasteiger partial charge on any atom is -0.610 e. The molecule has 0 amide bonds. The van der Waals surface area contributed by atoms with E-state index in [4.69, 9.17) is 5.84 Å². The predicted molar refractivity (Wildman–Crippen MR) is 28.8 cm³/mol. The zero-order valence-corrected chi connectivity index (χ0v) is 4.28. The fourth-order valence-corrected chi connectivity index (χ4v) is 0.665. The number of nitrogens with one attached hydrogen (secondary N) is 2. The molecule has 1 aliphatic rings. The van der Waals surface area contributed by atoms with Crippen LogP contribution in [0.15, 0.2) is 0 Å². The maximum Gasteiger partial charge on any atom is 0.00654 e. The lowest BCUT2D eigenvalue weighted by molar-refractivity contribution is 0.325. The van der Waals surface area contributed by atoms with Gasteiger partial charge in [0.15, 0.2) is 0 Å². The molecule has 3 heteroatoms. The molecule has 0 radical (unpaired) electrons. The van der Waals surface area contributed by atoms with Crippen molar-refractivity contribution in [3.63, 3.8) is 0 Å². The molecule has 0 atom stereocenters. The molecule has 42 valence electrons. The summed E-state index contributed by atoms with van der Waals surface area (Å²) in [6.07, 6.45) is 0. The maximum atomic E-state index is 7.07. The van der Waals surface area contributed by atoms with Crippen molar-refractivity contribution in [1.29, 1.82) is 0 Å². The number of rotatable bonds is 0. The Morgan fingerprint density at radius 2 is 1.86 bits per heavy atom. The molecule has 1 fully saturated rings. The summed E-state index contributed by atoms with van der Waals surface area (Å²) in [7, 11) is 0. The summed E-state index contributed by atoms with van der Waals surface area (Å²) in [5.41, 5.74) is 0. The summed E-state index contributed by atoms with van der Waals surface area (Å²) in [5, 5.41) is 4.73. The lowest BCUT2D eigenvalue weighted by Gasteiger charge is -2.30. The molecular weight excluding hydrogens is 90.1 g/mol. The third-order valence-electron chi connectivity index (χ3n) is 1.12. The van der Waals surface area contributed by atoms with Crippen molar-refractivity contribution in [2.75, 3.05) is 26.2 Å². The molecular formula is C4H10N3-. The van der Waals surface area contributed by atoms with E-state index in [1.807, 2.05) is 0 Å². The molecule has 0 spiro atoms. The average Bonchev–Trinajstić information content (AvgIpc) is 1.69. The summed E-state index contributed by atoms with van der Waals surface area (Å²) in [6.45, 7) is 3.70. The Bertz CT molecular complexity index is 48.9. The number of hydrogen-bond acceptors (Lipinski definition) is 2. The van der Waals surface area contributed by atoms with Crippen LogP contribution in [0.2, 0.25) is 0 Å². The first kappa shape index (κ1) is 5.03. The molecule has 1 heterocycles. The molecule has 0 saturated carbocycles. The van der Waals surface area contributed by atoms with Gasteiger partial charge in [-0.3, -0.25) is 0 Å². The van der Waals surface area contributed by atoms with Crippen molar-refractivity contribution in [3.05, 3.63) is 5.84 Å². The Kier molecular flexibility index (Phi) is 1.62. The van der Waals surface area contributed by atoms with Crippen molar-refractivity contribution in [2.24, 2.45) is 0 Å². The molecule has 3 nitrogen and oxygen atoms in total. The maximum absolute atomic E-state index is 7.07. The average molecular weight is 100 g/mol. The minimum absolute atomic E-state index is 0.875. The number of piperazine rings is 1. The van der Waals surface area contributed by atoms with E-state index in [0.717, 1.165) is 26.2 Å². The van der Waals surface area contributed by atoms with E-state index in [1.165, 1.54) is 0 Å². The second kappa shape index (κ2) is 2.26. The summed E-state index contributed by atoms with van der Waals surface area (Å²) in [4.78, 5) is 0. The summed E-state index contributed by atoms with van der Waals surface area (Å²) in [5.74, 6) is 7.07. The van der Waals surface area contributed by atoms with Crippen molar-refractivity contribution in [1.82, 2.24) is 10.3 Å². The van der Waals surface area contributed by atoms with Gasteiger partial charge in [0.2, 0.25) is 0 Å². The second-order valence-corrected chi connectivity index (χ2v) is 1.74. The summed E-state index contributed by atoms with van der Waals surface area (Å²) < 4.78 is 0. The highest BCUT2D eigenvalue weighted by Gasteiger charge is 1.95. The van der Waals surface area contributed by atoms with Crippen LogP contribution in [0.5, 0.6) is 0 Å². The SMILES string of the molecule is [NH-]N1CCNCC1. The van der Waals surface area contributed by atoms with E-state index in [1.54, 1.807) is 5.01 Å². The lowest BCUT2D eigenvalue weighted by atomic mass is 10.4. The Morgan fingerprint density at radius 1 is 1.29 bits per heavy atom. The molecule has 1 rings (SSSR count). The fourth-order valence-electron chi connectivity index (χ4n) is 0.665. The molecule has 1 aliphatic heterocycles. The van der Waals surface area contributed by atoms with Crippen molar-refractivity contribution in [2.45, 2.75) is 0 Å². The highest BCUT2D eigenvalue weighted by molar-refractivity contribution is 4.65. The van der Waals surface area contributed by atoms with E-state index < -0.39 is 0 Å². The van der Waals surface area contributed by atoms with Gasteiger partial charge in [-0.1, -0.05) is 0 Å². The van der Waals surface area contributed by atoms with E-state index in [9.17, 15) is 0 Å². The molecule has 7 heavy (non-hydrogen) atoms. The molecule has 0 aromatic rings. The topological polar surface area (TPSA) is 39.1 Å². The zero-order valence-electron chi connectivity index (χ0n) is 4.28. The molecule has 0 aromatic heterocycles. The monoisotopic (exact) mass is 100 g/mol. The van der Waals surface area contributed by atoms with Gasteiger partial charge in [-0.15, -0.1) is 0 Å². The Morgan fingerprint density at radius 3 is 2.14 bits per heavy atom. The first-order valence-corrected chi connectivity index (χ1v) is 2.56. The highest BCUT2D eigenvalue weighted by Crippen LogP contribution is 1.87. The molecule has 0 bridgehead atoms. The highest BCUT2D eigenvalue weighted by atomic mass is 15.4. The van der Waals surface area contributed by atoms with Crippen LogP contribution in [0.4, 0.5) is 0 Å². The third-order valence-corrected chi connectivity index (χ3v) is 1.12. The van der Waals surface area contributed by atoms with Crippen LogP contribution >= 0.6 is 0 Å². The largest absolute Gasteiger partial charge is 0.610 e. The van der Waals surface area contributed by atoms with Crippen LogP contribution < -0.4 is 5.32 Å². The van der Waals surface area contributed by atoms with Gasteiger partial charge in [-0.2, -0.15) is 0 Å². The van der Waals surface area contributed by atoms with E-state index in [-0.39, 0.29) is 0 Å². The molecule has 1 saturated heterocycles. The van der Waals surface area contributed by atoms with Crippen molar-refractivity contribution in [3.8, 4) is 0 Å². The third kappa shape index (κ3) is 1.43. The zero-order chi connectivity index (χ0) is 5.11. The van der Waals surface area contributed by atoms with Crippen LogP contribution in [-0.2, 0) is 0 Å². The summed E-state index contributed by atoms with van der Waals surface area (Å²) in [6, 6.07) is 0. The van der Waals surface area contributed by atoms with Crippen molar-refractivity contribution < 1.29 is 0 Å². The van der Waals surface area contributed by atoms with E-state index in [2.05, 4.69) is 5.32 Å². The number of hydrogen-bond donors (Lipinski definition) is 1. The lowest BCUT2D eigenvalue weighted by Crippen LogP contribution is -2.39. The van der Waals surface area contributed by atoms with Gasteiger partial charge in [0.25, 0.3) is 0 Å². The molecule has 0 aliphatic carbocycles. The fraction of sp³-hybridized carbons (Fsp3) is 1.00. The number of nitrogens with zero attached hydrogens (tertiary/aromatic N) is 1. The Hall–Kier alpha value is -0.120.